The third-order valence-corrected chi connectivity index (χ3v) is 3.09. The molecule has 4 heteroatoms. The summed E-state index contributed by atoms with van der Waals surface area (Å²) in [5, 5.41) is 0. The van der Waals surface area contributed by atoms with E-state index in [1.54, 1.807) is 7.11 Å². The first-order chi connectivity index (χ1) is 10.7. The molecule has 0 saturated heterocycles. The van der Waals surface area contributed by atoms with E-state index < -0.39 is 0 Å². The van der Waals surface area contributed by atoms with Gasteiger partial charge in [0, 0.05) is 24.9 Å². The molecule has 2 aromatic carbocycles. The van der Waals surface area contributed by atoms with Crippen LogP contribution >= 0.6 is 0 Å². The van der Waals surface area contributed by atoms with Crippen molar-refractivity contribution in [2.24, 2.45) is 0 Å². The molecule has 0 atom stereocenters. The summed E-state index contributed by atoms with van der Waals surface area (Å²) in [5.41, 5.74) is 9.67. The molecule has 0 aliphatic rings. The molecule has 2 aromatic rings. The molecule has 0 saturated carbocycles. The molecule has 0 fully saturated rings. The van der Waals surface area contributed by atoms with Crippen LogP contribution in [-0.2, 0) is 17.9 Å². The highest BCUT2D eigenvalue weighted by molar-refractivity contribution is 5.41. The van der Waals surface area contributed by atoms with Crippen LogP contribution < -0.4 is 15.6 Å². The van der Waals surface area contributed by atoms with Crippen LogP contribution in [0.25, 0.3) is 0 Å². The number of rotatable bonds is 8. The van der Waals surface area contributed by atoms with Crippen LogP contribution in [0.2, 0.25) is 0 Å². The van der Waals surface area contributed by atoms with Crippen molar-refractivity contribution in [1.82, 2.24) is 5.43 Å². The minimum Gasteiger partial charge on any atom is -0.491 e. The molecule has 0 spiro atoms. The Kier molecular flexibility index (Phi) is 6.25. The average Bonchev–Trinajstić information content (AvgIpc) is 2.51. The number of para-hydroxylation sites is 1. The quantitative estimate of drug-likeness (QED) is 0.729. The highest BCUT2D eigenvalue weighted by Crippen LogP contribution is 2.22. The smallest absolute Gasteiger partial charge is 0.125 e. The Bertz CT molecular complexity index is 571. The molecule has 118 valence electrons. The molecule has 0 radical (unpaired) electrons. The maximum absolute atomic E-state index is 5.81. The summed E-state index contributed by atoms with van der Waals surface area (Å²) < 4.78 is 11.1. The Morgan fingerprint density at radius 1 is 1.05 bits per heavy atom. The molecular formula is C18H24N2O2. The summed E-state index contributed by atoms with van der Waals surface area (Å²) in [6.45, 7) is 5.31. The number of hydrogen-bond donors (Lipinski definition) is 2. The van der Waals surface area contributed by atoms with E-state index in [9.17, 15) is 0 Å². The fraction of sp³-hybridized carbons (Fsp3) is 0.333. The second-order valence-electron chi connectivity index (χ2n) is 5.39. The van der Waals surface area contributed by atoms with E-state index in [4.69, 9.17) is 9.47 Å². The van der Waals surface area contributed by atoms with Gasteiger partial charge in [0.15, 0.2) is 0 Å². The third-order valence-electron chi connectivity index (χ3n) is 3.09. The van der Waals surface area contributed by atoms with E-state index in [0.717, 1.165) is 17.0 Å². The molecule has 4 nitrogen and oxygen atoms in total. The predicted octanol–water partition coefficient (Wildman–Crippen LogP) is 3.74. The Balaban J connectivity index is 1.97. The van der Waals surface area contributed by atoms with Gasteiger partial charge in [-0.05, 0) is 43.7 Å². The van der Waals surface area contributed by atoms with Crippen molar-refractivity contribution in [3.63, 3.8) is 0 Å². The molecule has 0 aromatic heterocycles. The van der Waals surface area contributed by atoms with Crippen LogP contribution in [0.4, 0.5) is 5.69 Å². The van der Waals surface area contributed by atoms with E-state index in [-0.39, 0.29) is 6.10 Å². The SMILES string of the molecule is COCc1cc(CNNc2ccccc2)ccc1OC(C)C. The van der Waals surface area contributed by atoms with Crippen LogP contribution in [0.15, 0.2) is 48.5 Å². The first kappa shape index (κ1) is 16.3. The van der Waals surface area contributed by atoms with Crippen LogP contribution in [0.5, 0.6) is 5.75 Å². The largest absolute Gasteiger partial charge is 0.491 e. The Morgan fingerprint density at radius 2 is 1.82 bits per heavy atom. The third kappa shape index (κ3) is 5.06. The van der Waals surface area contributed by atoms with Crippen molar-refractivity contribution in [2.45, 2.75) is 33.1 Å². The maximum Gasteiger partial charge on any atom is 0.125 e. The minimum atomic E-state index is 0.152. The highest BCUT2D eigenvalue weighted by Gasteiger charge is 2.07. The Morgan fingerprint density at radius 3 is 2.50 bits per heavy atom. The van der Waals surface area contributed by atoms with E-state index in [0.29, 0.717) is 13.2 Å². The van der Waals surface area contributed by atoms with Gasteiger partial charge < -0.3 is 14.9 Å². The minimum absolute atomic E-state index is 0.152. The summed E-state index contributed by atoms with van der Waals surface area (Å²) in [5.74, 6) is 0.886. The van der Waals surface area contributed by atoms with Gasteiger partial charge in [-0.1, -0.05) is 24.3 Å². The Hall–Kier alpha value is -2.04. The van der Waals surface area contributed by atoms with Gasteiger partial charge in [0.1, 0.15) is 5.75 Å². The van der Waals surface area contributed by atoms with Gasteiger partial charge in [-0.25, -0.2) is 5.43 Å². The first-order valence-corrected chi connectivity index (χ1v) is 7.50. The van der Waals surface area contributed by atoms with Crippen LogP contribution in [0, 0.1) is 0 Å². The van der Waals surface area contributed by atoms with Crippen LogP contribution in [0.3, 0.4) is 0 Å². The normalized spacial score (nSPS) is 10.7. The lowest BCUT2D eigenvalue weighted by molar-refractivity contribution is 0.174. The molecule has 0 unspecified atom stereocenters. The topological polar surface area (TPSA) is 42.5 Å². The van der Waals surface area contributed by atoms with Gasteiger partial charge in [0.05, 0.1) is 12.7 Å². The number of nitrogens with one attached hydrogen (secondary N) is 2. The molecule has 2 rings (SSSR count). The standard InChI is InChI=1S/C18H24N2O2/c1-14(2)22-18-10-9-15(11-16(18)13-21-3)12-19-20-17-7-5-4-6-8-17/h4-11,14,19-20H,12-13H2,1-3H3. The zero-order valence-electron chi connectivity index (χ0n) is 13.4. The fourth-order valence-electron chi connectivity index (χ4n) is 2.15. The van der Waals surface area contributed by atoms with Crippen molar-refractivity contribution in [3.8, 4) is 5.75 Å². The Labute approximate surface area is 132 Å². The lowest BCUT2D eigenvalue weighted by atomic mass is 10.1. The number of anilines is 1. The van der Waals surface area contributed by atoms with Gasteiger partial charge >= 0.3 is 0 Å². The van der Waals surface area contributed by atoms with Crippen molar-refractivity contribution in [3.05, 3.63) is 59.7 Å². The second-order valence-corrected chi connectivity index (χ2v) is 5.39. The van der Waals surface area contributed by atoms with Crippen molar-refractivity contribution >= 4 is 5.69 Å². The molecule has 0 amide bonds. The number of methoxy groups -OCH3 is 1. The lowest BCUT2D eigenvalue weighted by Gasteiger charge is -2.16. The summed E-state index contributed by atoms with van der Waals surface area (Å²) in [6, 6.07) is 16.2. The van der Waals surface area contributed by atoms with Crippen molar-refractivity contribution in [1.29, 1.82) is 0 Å². The zero-order chi connectivity index (χ0) is 15.8. The first-order valence-electron chi connectivity index (χ1n) is 7.50. The highest BCUT2D eigenvalue weighted by atomic mass is 16.5. The zero-order valence-corrected chi connectivity index (χ0v) is 13.4. The van der Waals surface area contributed by atoms with Crippen molar-refractivity contribution in [2.75, 3.05) is 12.5 Å². The monoisotopic (exact) mass is 300 g/mol. The van der Waals surface area contributed by atoms with Gasteiger partial charge in [-0.2, -0.15) is 0 Å². The number of hydrogen-bond acceptors (Lipinski definition) is 4. The average molecular weight is 300 g/mol. The molecule has 0 bridgehead atoms. The summed E-state index contributed by atoms with van der Waals surface area (Å²) in [4.78, 5) is 0. The molecule has 0 aliphatic heterocycles. The number of hydrazine groups is 1. The van der Waals surface area contributed by atoms with E-state index in [1.807, 2.05) is 50.2 Å². The van der Waals surface area contributed by atoms with E-state index >= 15 is 0 Å². The summed E-state index contributed by atoms with van der Waals surface area (Å²) >= 11 is 0. The molecular weight excluding hydrogens is 276 g/mol. The summed E-state index contributed by atoms with van der Waals surface area (Å²) in [7, 11) is 1.70. The van der Waals surface area contributed by atoms with Gasteiger partial charge in [-0.3, -0.25) is 0 Å². The second kappa shape index (κ2) is 8.41. The summed E-state index contributed by atoms with van der Waals surface area (Å²) in [6.07, 6.45) is 0.152. The van der Waals surface area contributed by atoms with Gasteiger partial charge in [0.2, 0.25) is 0 Å². The van der Waals surface area contributed by atoms with Crippen LogP contribution in [0.1, 0.15) is 25.0 Å². The molecule has 0 heterocycles. The van der Waals surface area contributed by atoms with Gasteiger partial charge in [0.25, 0.3) is 0 Å². The van der Waals surface area contributed by atoms with E-state index in [1.165, 1.54) is 5.56 Å². The maximum atomic E-state index is 5.81. The number of benzene rings is 2. The predicted molar refractivity (Wildman–Crippen MR) is 89.8 cm³/mol. The number of ether oxygens (including phenoxy) is 2. The molecule has 22 heavy (non-hydrogen) atoms. The van der Waals surface area contributed by atoms with E-state index in [2.05, 4.69) is 23.0 Å². The molecule has 0 aliphatic carbocycles. The van der Waals surface area contributed by atoms with Crippen molar-refractivity contribution < 1.29 is 9.47 Å². The molecule has 2 N–H and O–H groups in total. The van der Waals surface area contributed by atoms with Crippen LogP contribution in [-0.4, -0.2) is 13.2 Å². The fourth-order valence-corrected chi connectivity index (χ4v) is 2.15. The van der Waals surface area contributed by atoms with Gasteiger partial charge in [-0.15, -0.1) is 0 Å². The lowest BCUT2D eigenvalue weighted by Crippen LogP contribution is -2.21.